The fourth-order valence-electron chi connectivity index (χ4n) is 2.98. The smallest absolute Gasteiger partial charge is 0.376 e. The Morgan fingerprint density at radius 3 is 2.29 bits per heavy atom. The maximum Gasteiger partial charge on any atom is 0.534 e. The Balaban J connectivity index is 1.67. The van der Waals surface area contributed by atoms with Gasteiger partial charge in [0.05, 0.1) is 6.61 Å². The standard InChI is InChI=1S/C15H17F3O5S/c16-15(17,18)24(19,20)23-12-6-4-11(5-7-12)13-10-21-14(22-13)8-2-1-3-9-14/h4-7,13H,1-3,8-10H2. The fourth-order valence-corrected chi connectivity index (χ4v) is 3.44. The SMILES string of the molecule is O=S(=O)(Oc1ccc(C2COC3(CCCCC3)O2)cc1)C(F)(F)F. The van der Waals surface area contributed by atoms with E-state index < -0.39 is 27.2 Å². The molecule has 0 aromatic heterocycles. The highest BCUT2D eigenvalue weighted by Crippen LogP contribution is 2.42. The first kappa shape index (κ1) is 17.5. The van der Waals surface area contributed by atoms with E-state index in [1.807, 2.05) is 0 Å². The van der Waals surface area contributed by atoms with Crippen LogP contribution in [0.1, 0.15) is 43.8 Å². The molecular formula is C15H17F3O5S. The summed E-state index contributed by atoms with van der Waals surface area (Å²) < 4.78 is 74.7. The molecule has 1 atom stereocenters. The van der Waals surface area contributed by atoms with Crippen LogP contribution in [0.4, 0.5) is 13.2 Å². The van der Waals surface area contributed by atoms with Gasteiger partial charge in [-0.3, -0.25) is 0 Å². The van der Waals surface area contributed by atoms with Gasteiger partial charge in [0.25, 0.3) is 0 Å². The number of ether oxygens (including phenoxy) is 2. The second-order valence-electron chi connectivity index (χ2n) is 5.94. The van der Waals surface area contributed by atoms with Crippen LogP contribution in [0.2, 0.25) is 0 Å². The molecule has 1 aliphatic heterocycles. The number of halogens is 3. The molecule has 0 radical (unpaired) electrons. The van der Waals surface area contributed by atoms with Crippen molar-refractivity contribution in [2.24, 2.45) is 0 Å². The Hall–Kier alpha value is -1.32. The predicted octanol–water partition coefficient (Wildman–Crippen LogP) is 3.66. The molecule has 1 aromatic rings. The summed E-state index contributed by atoms with van der Waals surface area (Å²) in [4.78, 5) is 0. The molecule has 1 aliphatic carbocycles. The third-order valence-electron chi connectivity index (χ3n) is 4.21. The summed E-state index contributed by atoms with van der Waals surface area (Å²) in [5.41, 5.74) is -4.75. The van der Waals surface area contributed by atoms with Gasteiger partial charge in [-0.1, -0.05) is 18.6 Å². The number of benzene rings is 1. The molecule has 9 heteroatoms. The van der Waals surface area contributed by atoms with Crippen molar-refractivity contribution in [2.45, 2.75) is 49.5 Å². The van der Waals surface area contributed by atoms with Gasteiger partial charge in [-0.2, -0.15) is 21.6 Å². The normalized spacial score (nSPS) is 24.2. The van der Waals surface area contributed by atoms with Crippen molar-refractivity contribution in [1.29, 1.82) is 0 Å². The van der Waals surface area contributed by atoms with Crippen molar-refractivity contribution in [3.63, 3.8) is 0 Å². The van der Waals surface area contributed by atoms with Crippen LogP contribution in [0, 0.1) is 0 Å². The summed E-state index contributed by atoms with van der Waals surface area (Å²) in [7, 11) is -5.66. The van der Waals surface area contributed by atoms with E-state index in [9.17, 15) is 21.6 Å². The van der Waals surface area contributed by atoms with Gasteiger partial charge in [0.15, 0.2) is 5.79 Å². The summed E-state index contributed by atoms with van der Waals surface area (Å²) in [5, 5.41) is 0. The van der Waals surface area contributed by atoms with Crippen molar-refractivity contribution in [1.82, 2.24) is 0 Å². The largest absolute Gasteiger partial charge is 0.534 e. The first-order valence-corrected chi connectivity index (χ1v) is 9.04. The average Bonchev–Trinajstić information content (AvgIpc) is 2.91. The van der Waals surface area contributed by atoms with Gasteiger partial charge in [-0.25, -0.2) is 0 Å². The van der Waals surface area contributed by atoms with E-state index in [0.29, 0.717) is 12.2 Å². The molecule has 0 bridgehead atoms. The molecule has 0 N–H and O–H groups in total. The van der Waals surface area contributed by atoms with E-state index in [0.717, 1.165) is 32.1 Å². The molecule has 1 aromatic carbocycles. The third kappa shape index (κ3) is 3.52. The van der Waals surface area contributed by atoms with Gasteiger partial charge in [0, 0.05) is 12.8 Å². The van der Waals surface area contributed by atoms with Gasteiger partial charge in [0.1, 0.15) is 11.9 Å². The average molecular weight is 366 g/mol. The van der Waals surface area contributed by atoms with Crippen LogP contribution < -0.4 is 4.18 Å². The Morgan fingerprint density at radius 1 is 1.08 bits per heavy atom. The zero-order chi connectivity index (χ0) is 17.4. The topological polar surface area (TPSA) is 61.8 Å². The maximum absolute atomic E-state index is 12.3. The molecule has 0 amide bonds. The van der Waals surface area contributed by atoms with Gasteiger partial charge in [-0.15, -0.1) is 0 Å². The van der Waals surface area contributed by atoms with Crippen LogP contribution in [-0.4, -0.2) is 26.3 Å². The van der Waals surface area contributed by atoms with Crippen molar-refractivity contribution < 1.29 is 35.2 Å². The highest BCUT2D eigenvalue weighted by molar-refractivity contribution is 7.87. The minimum absolute atomic E-state index is 0.323. The quantitative estimate of drug-likeness (QED) is 0.603. The Labute approximate surface area is 137 Å². The molecule has 1 saturated heterocycles. The lowest BCUT2D eigenvalue weighted by Gasteiger charge is -2.31. The second-order valence-corrected chi connectivity index (χ2v) is 7.48. The zero-order valence-electron chi connectivity index (χ0n) is 12.7. The second kappa shape index (κ2) is 6.20. The molecule has 24 heavy (non-hydrogen) atoms. The van der Waals surface area contributed by atoms with Crippen LogP contribution in [0.5, 0.6) is 5.75 Å². The minimum Gasteiger partial charge on any atom is -0.376 e. The lowest BCUT2D eigenvalue weighted by Crippen LogP contribution is -2.32. The summed E-state index contributed by atoms with van der Waals surface area (Å²) in [6.45, 7) is 0.362. The number of hydrogen-bond acceptors (Lipinski definition) is 5. The molecule has 1 heterocycles. The highest BCUT2D eigenvalue weighted by Gasteiger charge is 2.48. The zero-order valence-corrected chi connectivity index (χ0v) is 13.5. The van der Waals surface area contributed by atoms with Crippen molar-refractivity contribution in [2.75, 3.05) is 6.61 Å². The first-order chi connectivity index (χ1) is 11.2. The number of rotatable bonds is 3. The molecule has 134 valence electrons. The van der Waals surface area contributed by atoms with Gasteiger partial charge in [-0.05, 0) is 30.5 Å². The predicted molar refractivity (Wildman–Crippen MR) is 77.6 cm³/mol. The molecule has 1 saturated carbocycles. The monoisotopic (exact) mass is 366 g/mol. The van der Waals surface area contributed by atoms with Gasteiger partial charge in [0.2, 0.25) is 0 Å². The lowest BCUT2D eigenvalue weighted by atomic mass is 9.94. The van der Waals surface area contributed by atoms with E-state index in [1.165, 1.54) is 24.3 Å². The van der Waals surface area contributed by atoms with E-state index in [-0.39, 0.29) is 6.10 Å². The van der Waals surface area contributed by atoms with Crippen molar-refractivity contribution in [3.8, 4) is 5.75 Å². The fraction of sp³-hybridized carbons (Fsp3) is 0.600. The molecule has 1 spiro atoms. The molecule has 1 unspecified atom stereocenters. The Kier molecular flexibility index (Phi) is 4.52. The summed E-state index contributed by atoms with van der Waals surface area (Å²) in [5.74, 6) is -0.958. The Morgan fingerprint density at radius 2 is 1.71 bits per heavy atom. The van der Waals surface area contributed by atoms with Crippen molar-refractivity contribution >= 4 is 10.1 Å². The van der Waals surface area contributed by atoms with Crippen LogP contribution in [-0.2, 0) is 19.6 Å². The summed E-state index contributed by atoms with van der Waals surface area (Å²) >= 11 is 0. The molecule has 5 nitrogen and oxygen atoms in total. The third-order valence-corrected chi connectivity index (χ3v) is 5.19. The van der Waals surface area contributed by atoms with E-state index in [4.69, 9.17) is 9.47 Å². The minimum atomic E-state index is -5.66. The van der Waals surface area contributed by atoms with Crippen LogP contribution in [0.25, 0.3) is 0 Å². The molecule has 2 aliphatic rings. The lowest BCUT2D eigenvalue weighted by molar-refractivity contribution is -0.187. The van der Waals surface area contributed by atoms with E-state index in [2.05, 4.69) is 4.18 Å². The van der Waals surface area contributed by atoms with Crippen LogP contribution in [0.3, 0.4) is 0 Å². The van der Waals surface area contributed by atoms with Gasteiger partial charge < -0.3 is 13.7 Å². The van der Waals surface area contributed by atoms with Crippen LogP contribution in [0.15, 0.2) is 24.3 Å². The molecular weight excluding hydrogens is 349 g/mol. The van der Waals surface area contributed by atoms with Crippen LogP contribution >= 0.6 is 0 Å². The highest BCUT2D eigenvalue weighted by atomic mass is 32.2. The molecule has 3 rings (SSSR count). The Bertz CT molecular complexity index is 678. The summed E-state index contributed by atoms with van der Waals surface area (Å²) in [6.07, 6.45) is 4.56. The van der Waals surface area contributed by atoms with Crippen molar-refractivity contribution in [3.05, 3.63) is 29.8 Å². The van der Waals surface area contributed by atoms with Gasteiger partial charge >= 0.3 is 15.6 Å². The van der Waals surface area contributed by atoms with E-state index >= 15 is 0 Å². The number of hydrogen-bond donors (Lipinski definition) is 0. The maximum atomic E-state index is 12.3. The number of alkyl halides is 3. The molecule has 2 fully saturated rings. The first-order valence-electron chi connectivity index (χ1n) is 7.63. The summed E-state index contributed by atoms with van der Waals surface area (Å²) in [6, 6.07) is 5.32. The van der Waals surface area contributed by atoms with E-state index in [1.54, 1.807) is 0 Å².